The van der Waals surface area contributed by atoms with Crippen LogP contribution in [0.5, 0.6) is 0 Å². The average molecular weight is 495 g/mol. The van der Waals surface area contributed by atoms with Gasteiger partial charge in [0.15, 0.2) is 0 Å². The van der Waals surface area contributed by atoms with E-state index in [4.69, 9.17) is 4.74 Å². The van der Waals surface area contributed by atoms with Gasteiger partial charge in [0.2, 0.25) is 0 Å². The number of hydrogen-bond acceptors (Lipinski definition) is 2. The average Bonchev–Trinajstić information content (AvgIpc) is 2.86. The fourth-order valence-corrected chi connectivity index (χ4v) is 5.02. The molecule has 0 spiro atoms. The third-order valence-electron chi connectivity index (χ3n) is 7.50. The maximum atomic E-state index is 11.6. The number of unbranched alkanes of at least 4 members (excludes halogenated alkanes) is 26. The summed E-state index contributed by atoms with van der Waals surface area (Å²) in [5, 5.41) is 0. The summed E-state index contributed by atoms with van der Waals surface area (Å²) in [5.74, 6) is 0.00943. The molecule has 0 aromatic rings. The Kier molecular flexibility index (Phi) is 31.0. The molecule has 2 heteroatoms. The number of rotatable bonds is 30. The summed E-state index contributed by atoms with van der Waals surface area (Å²) in [6.45, 7) is 5.12. The lowest BCUT2D eigenvalue weighted by Gasteiger charge is -2.05. The van der Waals surface area contributed by atoms with Gasteiger partial charge in [-0.3, -0.25) is 4.79 Å². The van der Waals surface area contributed by atoms with Crippen LogP contribution in [0.2, 0.25) is 0 Å². The molecule has 0 aromatic carbocycles. The van der Waals surface area contributed by atoms with Crippen molar-refractivity contribution < 1.29 is 9.53 Å². The predicted molar refractivity (Wildman–Crippen MR) is 156 cm³/mol. The first-order chi connectivity index (χ1) is 17.3. The van der Waals surface area contributed by atoms with Crippen LogP contribution in [0, 0.1) is 0 Å². The maximum Gasteiger partial charge on any atom is 0.305 e. The highest BCUT2D eigenvalue weighted by Gasteiger charge is 2.02. The van der Waals surface area contributed by atoms with E-state index < -0.39 is 0 Å². The number of esters is 1. The molecule has 0 N–H and O–H groups in total. The Morgan fingerprint density at radius 2 is 0.629 bits per heavy atom. The minimum Gasteiger partial charge on any atom is -0.466 e. The van der Waals surface area contributed by atoms with E-state index in [2.05, 4.69) is 13.8 Å². The van der Waals surface area contributed by atoms with Gasteiger partial charge >= 0.3 is 5.97 Å². The van der Waals surface area contributed by atoms with Crippen molar-refractivity contribution in [1.82, 2.24) is 0 Å². The van der Waals surface area contributed by atoms with Gasteiger partial charge in [0.25, 0.3) is 0 Å². The molecule has 35 heavy (non-hydrogen) atoms. The summed E-state index contributed by atoms with van der Waals surface area (Å²) in [7, 11) is 0. The molecule has 0 aliphatic rings. The molecule has 2 nitrogen and oxygen atoms in total. The van der Waals surface area contributed by atoms with Crippen LogP contribution in [0.15, 0.2) is 0 Å². The van der Waals surface area contributed by atoms with Gasteiger partial charge in [-0.2, -0.15) is 0 Å². The fourth-order valence-electron chi connectivity index (χ4n) is 5.02. The Balaban J connectivity index is 3.07. The Hall–Kier alpha value is -0.530. The van der Waals surface area contributed by atoms with E-state index in [1.165, 1.54) is 161 Å². The smallest absolute Gasteiger partial charge is 0.305 e. The molecule has 0 fully saturated rings. The summed E-state index contributed by atoms with van der Waals surface area (Å²) < 4.78 is 5.33. The van der Waals surface area contributed by atoms with Crippen LogP contribution in [0.4, 0.5) is 0 Å². The van der Waals surface area contributed by atoms with Gasteiger partial charge in [0.05, 0.1) is 6.61 Å². The molecule has 0 heterocycles. The first-order valence-electron chi connectivity index (χ1n) is 16.5. The third-order valence-corrected chi connectivity index (χ3v) is 7.50. The maximum absolute atomic E-state index is 11.6. The fraction of sp³-hybridized carbons (Fsp3) is 0.970. The van der Waals surface area contributed by atoms with Crippen molar-refractivity contribution in [1.29, 1.82) is 0 Å². The van der Waals surface area contributed by atoms with E-state index in [-0.39, 0.29) is 5.97 Å². The van der Waals surface area contributed by atoms with Gasteiger partial charge in [-0.25, -0.2) is 0 Å². The predicted octanol–water partition coefficient (Wildman–Crippen LogP) is 11.9. The van der Waals surface area contributed by atoms with Gasteiger partial charge < -0.3 is 4.74 Å². The lowest BCUT2D eigenvalue weighted by atomic mass is 10.0. The van der Waals surface area contributed by atoms with Crippen molar-refractivity contribution in [3.05, 3.63) is 0 Å². The summed E-state index contributed by atoms with van der Waals surface area (Å²) in [4.78, 5) is 11.6. The summed E-state index contributed by atoms with van der Waals surface area (Å²) in [6, 6.07) is 0. The molecule has 210 valence electrons. The van der Waals surface area contributed by atoms with E-state index in [0.717, 1.165) is 19.3 Å². The summed E-state index contributed by atoms with van der Waals surface area (Å²) in [6.07, 6.45) is 39.1. The minimum absolute atomic E-state index is 0.00943. The van der Waals surface area contributed by atoms with E-state index in [1.54, 1.807) is 0 Å². The van der Waals surface area contributed by atoms with Crippen LogP contribution in [0.3, 0.4) is 0 Å². The second-order valence-electron chi connectivity index (χ2n) is 11.2. The van der Waals surface area contributed by atoms with Crippen LogP contribution >= 0.6 is 0 Å². The standard InChI is InChI=1S/C33H66O2/c1-3-5-7-9-10-11-12-13-14-15-16-17-18-19-20-21-22-23-24-25-26-27-28-30-32-35-33(34)31-29-8-6-4-2/h3-32H2,1-2H3. The molecule has 0 aliphatic carbocycles. The molecular formula is C33H66O2. The number of hydrogen-bond donors (Lipinski definition) is 0. The topological polar surface area (TPSA) is 26.3 Å². The Morgan fingerprint density at radius 3 is 0.943 bits per heavy atom. The second kappa shape index (κ2) is 31.5. The SMILES string of the molecule is CCCCCCCCCCCCCCCCCCCCCCCCCCOC(=O)CCCCCC. The van der Waals surface area contributed by atoms with Crippen LogP contribution < -0.4 is 0 Å². The molecule has 0 saturated carbocycles. The second-order valence-corrected chi connectivity index (χ2v) is 11.2. The van der Waals surface area contributed by atoms with Crippen LogP contribution in [0.25, 0.3) is 0 Å². The lowest BCUT2D eigenvalue weighted by Crippen LogP contribution is -2.05. The van der Waals surface area contributed by atoms with Gasteiger partial charge in [-0.05, 0) is 12.8 Å². The third kappa shape index (κ3) is 31.4. The highest BCUT2D eigenvalue weighted by Crippen LogP contribution is 2.15. The van der Waals surface area contributed by atoms with Crippen LogP contribution in [-0.4, -0.2) is 12.6 Å². The normalized spacial score (nSPS) is 11.3. The number of carbonyl (C=O) groups excluding carboxylic acids is 1. The Bertz CT molecular complexity index is 393. The monoisotopic (exact) mass is 495 g/mol. The van der Waals surface area contributed by atoms with E-state index in [1.807, 2.05) is 0 Å². The van der Waals surface area contributed by atoms with Crippen molar-refractivity contribution >= 4 is 5.97 Å². The molecular weight excluding hydrogens is 428 g/mol. The zero-order chi connectivity index (χ0) is 25.5. The minimum atomic E-state index is 0.00943. The largest absolute Gasteiger partial charge is 0.466 e. The van der Waals surface area contributed by atoms with Gasteiger partial charge in [-0.1, -0.05) is 181 Å². The van der Waals surface area contributed by atoms with E-state index in [0.29, 0.717) is 13.0 Å². The highest BCUT2D eigenvalue weighted by atomic mass is 16.5. The van der Waals surface area contributed by atoms with Gasteiger partial charge in [0, 0.05) is 6.42 Å². The van der Waals surface area contributed by atoms with Crippen molar-refractivity contribution in [3.8, 4) is 0 Å². The number of ether oxygens (including phenoxy) is 1. The highest BCUT2D eigenvalue weighted by molar-refractivity contribution is 5.69. The van der Waals surface area contributed by atoms with E-state index in [9.17, 15) is 4.79 Å². The summed E-state index contributed by atoms with van der Waals surface area (Å²) >= 11 is 0. The Morgan fingerprint density at radius 1 is 0.371 bits per heavy atom. The molecule has 0 amide bonds. The molecule has 0 aliphatic heterocycles. The first kappa shape index (κ1) is 34.5. The van der Waals surface area contributed by atoms with Gasteiger partial charge in [-0.15, -0.1) is 0 Å². The molecule has 0 atom stereocenters. The lowest BCUT2D eigenvalue weighted by molar-refractivity contribution is -0.143. The molecule has 0 unspecified atom stereocenters. The van der Waals surface area contributed by atoms with E-state index >= 15 is 0 Å². The molecule has 0 saturated heterocycles. The Labute approximate surface area is 222 Å². The molecule has 0 rings (SSSR count). The van der Waals surface area contributed by atoms with Crippen molar-refractivity contribution in [2.45, 2.75) is 200 Å². The van der Waals surface area contributed by atoms with Crippen molar-refractivity contribution in [2.75, 3.05) is 6.61 Å². The summed E-state index contributed by atoms with van der Waals surface area (Å²) in [5.41, 5.74) is 0. The molecule has 0 aromatic heterocycles. The van der Waals surface area contributed by atoms with Crippen molar-refractivity contribution in [3.63, 3.8) is 0 Å². The van der Waals surface area contributed by atoms with Crippen LogP contribution in [-0.2, 0) is 9.53 Å². The first-order valence-corrected chi connectivity index (χ1v) is 16.5. The quantitative estimate of drug-likeness (QED) is 0.0732. The zero-order valence-electron chi connectivity index (χ0n) is 24.5. The van der Waals surface area contributed by atoms with Gasteiger partial charge in [0.1, 0.15) is 0 Å². The van der Waals surface area contributed by atoms with Crippen molar-refractivity contribution in [2.24, 2.45) is 0 Å². The molecule has 0 radical (unpaired) electrons. The van der Waals surface area contributed by atoms with Crippen LogP contribution in [0.1, 0.15) is 200 Å². The number of carbonyl (C=O) groups is 1. The zero-order valence-corrected chi connectivity index (χ0v) is 24.5. The molecule has 0 bridgehead atoms.